The van der Waals surface area contributed by atoms with Crippen molar-refractivity contribution in [2.75, 3.05) is 55.9 Å². The van der Waals surface area contributed by atoms with Gasteiger partial charge in [0.2, 0.25) is 11.9 Å². The summed E-state index contributed by atoms with van der Waals surface area (Å²) in [5.41, 5.74) is 6.19. The van der Waals surface area contributed by atoms with Gasteiger partial charge >= 0.3 is 0 Å². The van der Waals surface area contributed by atoms with Crippen LogP contribution in [0.4, 0.5) is 23.0 Å². The molecule has 4 aromatic rings. The molecule has 2 aromatic heterocycles. The molecule has 0 bridgehead atoms. The van der Waals surface area contributed by atoms with E-state index in [1.807, 2.05) is 22.9 Å². The summed E-state index contributed by atoms with van der Waals surface area (Å²) in [6, 6.07) is 12.1. The molecule has 1 aliphatic carbocycles. The van der Waals surface area contributed by atoms with Crippen molar-refractivity contribution in [3.8, 4) is 5.75 Å². The number of hydrogen-bond acceptors (Lipinski definition) is 9. The fraction of sp³-hybridized carbons (Fsp3) is 0.345. The average molecular weight is 540 g/mol. The van der Waals surface area contributed by atoms with Crippen LogP contribution in [0.5, 0.6) is 5.75 Å². The predicted octanol–water partition coefficient (Wildman–Crippen LogP) is 3.78. The number of nitrogens with one attached hydrogen (secondary N) is 2. The summed E-state index contributed by atoms with van der Waals surface area (Å²) in [5.74, 6) is 0.934. The molecular weight excluding hydrogens is 506 g/mol. The summed E-state index contributed by atoms with van der Waals surface area (Å²) in [5, 5.41) is 15.1. The van der Waals surface area contributed by atoms with Crippen LogP contribution in [-0.4, -0.2) is 76.1 Å². The van der Waals surface area contributed by atoms with Crippen molar-refractivity contribution in [1.82, 2.24) is 29.9 Å². The number of rotatable bonds is 7. The van der Waals surface area contributed by atoms with Crippen LogP contribution in [0.2, 0.25) is 0 Å². The number of amides is 1. The van der Waals surface area contributed by atoms with E-state index in [-0.39, 0.29) is 11.9 Å². The highest BCUT2D eigenvalue weighted by Gasteiger charge is 2.27. The van der Waals surface area contributed by atoms with Crippen LogP contribution in [0.3, 0.4) is 0 Å². The highest BCUT2D eigenvalue weighted by molar-refractivity contribution is 5.99. The number of piperazine rings is 1. The van der Waals surface area contributed by atoms with Crippen molar-refractivity contribution in [3.63, 3.8) is 0 Å². The maximum absolute atomic E-state index is 12.0. The average Bonchev–Trinajstić information content (AvgIpc) is 3.40. The van der Waals surface area contributed by atoms with E-state index in [1.165, 1.54) is 6.08 Å². The minimum atomic E-state index is -0.225. The van der Waals surface area contributed by atoms with Crippen LogP contribution in [-0.2, 0) is 11.2 Å². The van der Waals surface area contributed by atoms with Gasteiger partial charge in [-0.25, -0.2) is 9.67 Å². The normalized spacial score (nSPS) is 17.4. The zero-order valence-electron chi connectivity index (χ0n) is 22.8. The number of nitrogens with zero attached hydrogens (tertiary/aromatic N) is 7. The number of benzene rings is 2. The van der Waals surface area contributed by atoms with Crippen molar-refractivity contribution in [2.24, 2.45) is 0 Å². The molecule has 1 aliphatic heterocycles. The van der Waals surface area contributed by atoms with Gasteiger partial charge in [-0.3, -0.25) is 4.79 Å². The third kappa shape index (κ3) is 4.95. The molecule has 2 aliphatic rings. The molecule has 1 saturated heterocycles. The van der Waals surface area contributed by atoms with Crippen LogP contribution >= 0.6 is 0 Å². The third-order valence-corrected chi connectivity index (χ3v) is 7.73. The van der Waals surface area contributed by atoms with Crippen LogP contribution in [0.25, 0.3) is 11.2 Å². The first-order chi connectivity index (χ1) is 19.5. The Bertz CT molecular complexity index is 1560. The Balaban J connectivity index is 1.29. The fourth-order valence-corrected chi connectivity index (χ4v) is 5.56. The van der Waals surface area contributed by atoms with Gasteiger partial charge in [0.15, 0.2) is 11.2 Å². The largest absolute Gasteiger partial charge is 0.494 e. The molecule has 2 aromatic carbocycles. The van der Waals surface area contributed by atoms with Gasteiger partial charge in [-0.05, 0) is 61.7 Å². The molecule has 0 saturated carbocycles. The topological polar surface area (TPSA) is 113 Å². The molecule has 0 radical (unpaired) electrons. The summed E-state index contributed by atoms with van der Waals surface area (Å²) in [4.78, 5) is 26.0. The molecule has 3 heterocycles. The van der Waals surface area contributed by atoms with Gasteiger partial charge in [0.1, 0.15) is 5.75 Å². The van der Waals surface area contributed by atoms with Crippen molar-refractivity contribution in [2.45, 2.75) is 25.3 Å². The summed E-state index contributed by atoms with van der Waals surface area (Å²) in [6.45, 7) is 7.60. The Morgan fingerprint density at radius 3 is 2.80 bits per heavy atom. The lowest BCUT2D eigenvalue weighted by Gasteiger charge is -2.34. The summed E-state index contributed by atoms with van der Waals surface area (Å²) in [7, 11) is 3.82. The van der Waals surface area contributed by atoms with E-state index in [4.69, 9.17) is 9.72 Å². The highest BCUT2D eigenvalue weighted by Crippen LogP contribution is 2.38. The zero-order chi connectivity index (χ0) is 27.6. The first-order valence-electron chi connectivity index (χ1n) is 13.6. The molecule has 6 rings (SSSR count). The lowest BCUT2D eigenvalue weighted by molar-refractivity contribution is -0.111. The lowest BCUT2D eigenvalue weighted by atomic mass is 9.86. The van der Waals surface area contributed by atoms with Crippen LogP contribution in [0, 0.1) is 0 Å². The number of aromatic nitrogens is 5. The van der Waals surface area contributed by atoms with Gasteiger partial charge in [-0.2, -0.15) is 4.98 Å². The summed E-state index contributed by atoms with van der Waals surface area (Å²) < 4.78 is 7.59. The molecule has 1 amide bonds. The Hall–Kier alpha value is -4.51. The lowest BCUT2D eigenvalue weighted by Crippen LogP contribution is -2.44. The Labute approximate surface area is 232 Å². The maximum atomic E-state index is 12.0. The second kappa shape index (κ2) is 10.9. The molecule has 2 N–H and O–H groups in total. The summed E-state index contributed by atoms with van der Waals surface area (Å²) in [6.07, 6.45) is 5.68. The fourth-order valence-electron chi connectivity index (χ4n) is 5.56. The zero-order valence-corrected chi connectivity index (χ0v) is 22.8. The third-order valence-electron chi connectivity index (χ3n) is 7.73. The van der Waals surface area contributed by atoms with Crippen molar-refractivity contribution in [1.29, 1.82) is 0 Å². The number of hydrogen-bond donors (Lipinski definition) is 2. The number of likely N-dealkylation sites (N-methyl/N-ethyl adjacent to an activating group) is 1. The molecule has 11 heteroatoms. The number of methoxy groups -OCH3 is 1. The van der Waals surface area contributed by atoms with Gasteiger partial charge in [0.25, 0.3) is 0 Å². The molecule has 40 heavy (non-hydrogen) atoms. The first-order valence-corrected chi connectivity index (χ1v) is 13.6. The molecule has 11 nitrogen and oxygen atoms in total. The maximum Gasteiger partial charge on any atom is 0.247 e. The Kier molecular flexibility index (Phi) is 7.04. The van der Waals surface area contributed by atoms with E-state index in [9.17, 15) is 4.79 Å². The molecule has 1 fully saturated rings. The minimum Gasteiger partial charge on any atom is -0.494 e. The monoisotopic (exact) mass is 539 g/mol. The van der Waals surface area contributed by atoms with Gasteiger partial charge in [-0.15, -0.1) is 5.10 Å². The minimum absolute atomic E-state index is 0.0607. The molecule has 0 spiro atoms. The van der Waals surface area contributed by atoms with E-state index in [2.05, 4.69) is 67.6 Å². The van der Waals surface area contributed by atoms with E-state index < -0.39 is 0 Å². The van der Waals surface area contributed by atoms with E-state index in [1.54, 1.807) is 13.3 Å². The number of carbonyl (C=O) groups excluding carboxylic acids is 1. The smallest absolute Gasteiger partial charge is 0.247 e. The molecule has 1 atom stereocenters. The van der Waals surface area contributed by atoms with Crippen molar-refractivity contribution >= 4 is 40.1 Å². The first kappa shape index (κ1) is 25.8. The van der Waals surface area contributed by atoms with Gasteiger partial charge < -0.3 is 25.2 Å². The number of carbonyl (C=O) groups is 1. The molecule has 206 valence electrons. The van der Waals surface area contributed by atoms with Crippen LogP contribution < -0.4 is 20.3 Å². The van der Waals surface area contributed by atoms with Crippen LogP contribution in [0.15, 0.2) is 55.3 Å². The van der Waals surface area contributed by atoms with Crippen LogP contribution in [0.1, 0.15) is 30.0 Å². The van der Waals surface area contributed by atoms with E-state index in [0.29, 0.717) is 17.1 Å². The number of ether oxygens (including phenoxy) is 1. The standard InChI is InChI=1S/C29H33N9O2/c1-4-27(39)31-22-9-5-8-21-20(22)7-6-10-25(21)38-28-24(34-35-38)18-30-29(33-28)32-23-12-11-19(17-26(23)40-3)37-15-13-36(2)14-16-37/h4-5,8-9,11-12,17-18,25H,1,6-7,10,13-16H2,2-3H3,(H,31,39)(H,30,32,33). The van der Waals surface area contributed by atoms with Crippen molar-refractivity contribution in [3.05, 3.63) is 66.4 Å². The van der Waals surface area contributed by atoms with E-state index >= 15 is 0 Å². The number of fused-ring (bicyclic) bond motifs is 2. The molecule has 1 unspecified atom stereocenters. The second-order valence-corrected chi connectivity index (χ2v) is 10.2. The Morgan fingerprint density at radius 2 is 2.00 bits per heavy atom. The van der Waals surface area contributed by atoms with Crippen molar-refractivity contribution < 1.29 is 9.53 Å². The van der Waals surface area contributed by atoms with E-state index in [0.717, 1.165) is 79.4 Å². The predicted molar refractivity (Wildman–Crippen MR) is 155 cm³/mol. The van der Waals surface area contributed by atoms with Gasteiger partial charge in [0.05, 0.1) is 25.0 Å². The van der Waals surface area contributed by atoms with Gasteiger partial charge in [-0.1, -0.05) is 23.9 Å². The number of anilines is 4. The highest BCUT2D eigenvalue weighted by atomic mass is 16.5. The quantitative estimate of drug-likeness (QED) is 0.339. The van der Waals surface area contributed by atoms with Gasteiger partial charge in [0, 0.05) is 43.6 Å². The summed E-state index contributed by atoms with van der Waals surface area (Å²) >= 11 is 0. The molecular formula is C29H33N9O2. The Morgan fingerprint density at radius 1 is 1.15 bits per heavy atom. The SMILES string of the molecule is C=CC(=O)Nc1cccc2c1CCCC2n1nnc2cnc(Nc3ccc(N4CCN(C)CC4)cc3OC)nc21. The second-order valence-electron chi connectivity index (χ2n) is 10.2.